The van der Waals surface area contributed by atoms with Crippen LogP contribution in [-0.4, -0.2) is 15.3 Å². The zero-order valence-corrected chi connectivity index (χ0v) is 9.20. The van der Waals surface area contributed by atoms with Crippen molar-refractivity contribution < 1.29 is 9.18 Å². The van der Waals surface area contributed by atoms with Gasteiger partial charge in [0, 0.05) is 25.0 Å². The fourth-order valence-electron chi connectivity index (χ4n) is 1.38. The van der Waals surface area contributed by atoms with Crippen molar-refractivity contribution in [1.29, 1.82) is 0 Å². The SMILES string of the molecule is Cn1ccnc1C(=O)c1cccc(F)c1Cl. The predicted molar refractivity (Wildman–Crippen MR) is 58.1 cm³/mol. The van der Waals surface area contributed by atoms with E-state index in [4.69, 9.17) is 11.6 Å². The molecular formula is C11H8ClFN2O. The minimum atomic E-state index is -0.610. The third-order valence-corrected chi connectivity index (χ3v) is 2.60. The molecule has 0 bridgehead atoms. The van der Waals surface area contributed by atoms with Crippen molar-refractivity contribution in [2.45, 2.75) is 0 Å². The zero-order valence-electron chi connectivity index (χ0n) is 8.45. The Morgan fingerprint density at radius 1 is 1.50 bits per heavy atom. The lowest BCUT2D eigenvalue weighted by Gasteiger charge is -2.03. The number of nitrogens with zero attached hydrogens (tertiary/aromatic N) is 2. The van der Waals surface area contributed by atoms with Crippen LogP contribution >= 0.6 is 11.6 Å². The van der Waals surface area contributed by atoms with Gasteiger partial charge in [0.05, 0.1) is 5.02 Å². The molecule has 0 unspecified atom stereocenters. The molecule has 0 spiro atoms. The van der Waals surface area contributed by atoms with E-state index in [9.17, 15) is 9.18 Å². The zero-order chi connectivity index (χ0) is 11.7. The predicted octanol–water partition coefficient (Wildman–Crippen LogP) is 2.44. The van der Waals surface area contributed by atoms with Gasteiger partial charge in [-0.1, -0.05) is 17.7 Å². The summed E-state index contributed by atoms with van der Waals surface area (Å²) in [6.45, 7) is 0. The van der Waals surface area contributed by atoms with Gasteiger partial charge >= 0.3 is 0 Å². The van der Waals surface area contributed by atoms with Gasteiger partial charge in [0.25, 0.3) is 0 Å². The van der Waals surface area contributed by atoms with Crippen LogP contribution in [-0.2, 0) is 7.05 Å². The van der Waals surface area contributed by atoms with Crippen LogP contribution in [0.15, 0.2) is 30.6 Å². The molecule has 16 heavy (non-hydrogen) atoms. The molecule has 1 aromatic carbocycles. The van der Waals surface area contributed by atoms with Gasteiger partial charge in [-0.2, -0.15) is 0 Å². The quantitative estimate of drug-likeness (QED) is 0.754. The summed E-state index contributed by atoms with van der Waals surface area (Å²) >= 11 is 5.72. The number of ketones is 1. The van der Waals surface area contributed by atoms with Gasteiger partial charge in [0.15, 0.2) is 5.82 Å². The second-order valence-electron chi connectivity index (χ2n) is 3.29. The van der Waals surface area contributed by atoms with Crippen molar-refractivity contribution in [3.05, 3.63) is 52.8 Å². The van der Waals surface area contributed by atoms with Crippen molar-refractivity contribution in [3.8, 4) is 0 Å². The van der Waals surface area contributed by atoms with Gasteiger partial charge in [-0.3, -0.25) is 4.79 Å². The Hall–Kier alpha value is -1.68. The Bertz CT molecular complexity index is 551. The number of carbonyl (C=O) groups excluding carboxylic acids is 1. The van der Waals surface area contributed by atoms with E-state index in [-0.39, 0.29) is 16.4 Å². The Kier molecular flexibility index (Phi) is 2.75. The smallest absolute Gasteiger partial charge is 0.230 e. The molecule has 0 aliphatic rings. The van der Waals surface area contributed by atoms with E-state index < -0.39 is 11.6 Å². The molecule has 82 valence electrons. The fraction of sp³-hybridized carbons (Fsp3) is 0.0909. The molecule has 0 radical (unpaired) electrons. The maximum absolute atomic E-state index is 13.2. The third-order valence-electron chi connectivity index (χ3n) is 2.22. The lowest BCUT2D eigenvalue weighted by molar-refractivity contribution is 0.102. The molecule has 0 N–H and O–H groups in total. The summed E-state index contributed by atoms with van der Waals surface area (Å²) in [4.78, 5) is 15.9. The third kappa shape index (κ3) is 1.72. The van der Waals surface area contributed by atoms with Gasteiger partial charge < -0.3 is 4.57 Å². The van der Waals surface area contributed by atoms with Gasteiger partial charge in [-0.15, -0.1) is 0 Å². The molecule has 0 aliphatic carbocycles. The minimum absolute atomic E-state index is 0.121. The van der Waals surface area contributed by atoms with Crippen LogP contribution in [0.3, 0.4) is 0 Å². The Morgan fingerprint density at radius 2 is 2.25 bits per heavy atom. The average Bonchev–Trinajstić information content (AvgIpc) is 2.68. The molecule has 2 aromatic rings. The van der Waals surface area contributed by atoms with Crippen LogP contribution in [0.4, 0.5) is 4.39 Å². The van der Waals surface area contributed by atoms with Gasteiger partial charge in [0.2, 0.25) is 5.78 Å². The second kappa shape index (κ2) is 4.06. The van der Waals surface area contributed by atoms with Crippen LogP contribution in [0, 0.1) is 5.82 Å². The number of hydrogen-bond donors (Lipinski definition) is 0. The van der Waals surface area contributed by atoms with E-state index in [0.29, 0.717) is 0 Å². The molecule has 1 aromatic heterocycles. The molecule has 3 nitrogen and oxygen atoms in total. The van der Waals surface area contributed by atoms with Crippen molar-refractivity contribution in [2.75, 3.05) is 0 Å². The second-order valence-corrected chi connectivity index (χ2v) is 3.67. The summed E-state index contributed by atoms with van der Waals surface area (Å²) in [5.41, 5.74) is 0.121. The van der Waals surface area contributed by atoms with Crippen LogP contribution in [0.25, 0.3) is 0 Å². The molecule has 1 heterocycles. The Balaban J connectivity index is 2.50. The van der Waals surface area contributed by atoms with E-state index in [1.807, 2.05) is 0 Å². The lowest BCUT2D eigenvalue weighted by atomic mass is 10.1. The van der Waals surface area contributed by atoms with E-state index in [1.165, 1.54) is 24.4 Å². The number of rotatable bonds is 2. The molecule has 0 atom stereocenters. The number of carbonyl (C=O) groups is 1. The molecule has 0 saturated carbocycles. The highest BCUT2D eigenvalue weighted by molar-refractivity contribution is 6.34. The van der Waals surface area contributed by atoms with Crippen LogP contribution < -0.4 is 0 Å². The largest absolute Gasteiger partial charge is 0.331 e. The molecule has 5 heteroatoms. The first-order valence-corrected chi connectivity index (χ1v) is 4.95. The standard InChI is InChI=1S/C11H8ClFN2O/c1-15-6-5-14-11(15)10(16)7-3-2-4-8(13)9(7)12/h2-6H,1H3. The van der Waals surface area contributed by atoms with Crippen molar-refractivity contribution in [1.82, 2.24) is 9.55 Å². The fourth-order valence-corrected chi connectivity index (χ4v) is 1.60. The maximum atomic E-state index is 13.2. The molecule has 2 rings (SSSR count). The van der Waals surface area contributed by atoms with E-state index in [0.717, 1.165) is 0 Å². The van der Waals surface area contributed by atoms with Crippen LogP contribution in [0.5, 0.6) is 0 Å². The number of hydrogen-bond acceptors (Lipinski definition) is 2. The maximum Gasteiger partial charge on any atom is 0.230 e. The monoisotopic (exact) mass is 238 g/mol. The molecular weight excluding hydrogens is 231 g/mol. The van der Waals surface area contributed by atoms with E-state index in [1.54, 1.807) is 17.8 Å². The van der Waals surface area contributed by atoms with Crippen molar-refractivity contribution in [3.63, 3.8) is 0 Å². The van der Waals surface area contributed by atoms with Gasteiger partial charge in [-0.05, 0) is 12.1 Å². The number of halogens is 2. The Labute approximate surface area is 96.5 Å². The van der Waals surface area contributed by atoms with E-state index in [2.05, 4.69) is 4.98 Å². The topological polar surface area (TPSA) is 34.9 Å². The number of aromatic nitrogens is 2. The summed E-state index contributed by atoms with van der Waals surface area (Å²) in [5, 5.41) is -0.171. The van der Waals surface area contributed by atoms with Crippen molar-refractivity contribution in [2.24, 2.45) is 7.05 Å². The van der Waals surface area contributed by atoms with Gasteiger partial charge in [-0.25, -0.2) is 9.37 Å². The first-order valence-electron chi connectivity index (χ1n) is 4.57. The summed E-state index contributed by atoms with van der Waals surface area (Å²) in [6.07, 6.45) is 3.14. The van der Waals surface area contributed by atoms with Crippen LogP contribution in [0.2, 0.25) is 5.02 Å². The summed E-state index contributed by atoms with van der Waals surface area (Å²) in [7, 11) is 1.69. The molecule has 0 aliphatic heterocycles. The normalized spacial score (nSPS) is 10.4. The molecule has 0 saturated heterocycles. The van der Waals surface area contributed by atoms with Crippen LogP contribution in [0.1, 0.15) is 16.2 Å². The summed E-state index contributed by atoms with van der Waals surface area (Å²) in [6, 6.07) is 4.12. The lowest BCUT2D eigenvalue weighted by Crippen LogP contribution is -2.09. The minimum Gasteiger partial charge on any atom is -0.331 e. The number of benzene rings is 1. The first kappa shape index (κ1) is 10.8. The number of aryl methyl sites for hydroxylation is 1. The first-order chi connectivity index (χ1) is 7.61. The molecule has 0 fully saturated rings. The summed E-state index contributed by atoms with van der Waals surface area (Å²) < 4.78 is 14.7. The van der Waals surface area contributed by atoms with E-state index >= 15 is 0 Å². The average molecular weight is 239 g/mol. The Morgan fingerprint density at radius 3 is 2.88 bits per heavy atom. The van der Waals surface area contributed by atoms with Gasteiger partial charge in [0.1, 0.15) is 5.82 Å². The summed E-state index contributed by atoms with van der Waals surface area (Å²) in [5.74, 6) is -0.772. The van der Waals surface area contributed by atoms with Crippen molar-refractivity contribution >= 4 is 17.4 Å². The number of imidazole rings is 1. The highest BCUT2D eigenvalue weighted by Gasteiger charge is 2.18. The highest BCUT2D eigenvalue weighted by Crippen LogP contribution is 2.21. The highest BCUT2D eigenvalue weighted by atomic mass is 35.5. The molecule has 0 amide bonds.